The van der Waals surface area contributed by atoms with E-state index < -0.39 is 24.3 Å². The number of carbonyl (C=O) groups excluding carboxylic acids is 2. The predicted octanol–water partition coefficient (Wildman–Crippen LogP) is 1.83. The summed E-state index contributed by atoms with van der Waals surface area (Å²) >= 11 is 0. The van der Waals surface area contributed by atoms with Gasteiger partial charge in [0.15, 0.2) is 0 Å². The zero-order chi connectivity index (χ0) is 17.4. The summed E-state index contributed by atoms with van der Waals surface area (Å²) in [5.41, 5.74) is -0.533. The van der Waals surface area contributed by atoms with Gasteiger partial charge in [0.1, 0.15) is 0 Å². The Morgan fingerprint density at radius 1 is 1.38 bits per heavy atom. The van der Waals surface area contributed by atoms with Gasteiger partial charge in [-0.2, -0.15) is 0 Å². The molecule has 3 aliphatic rings. The molecule has 2 heterocycles. The standard InChI is InChI=1S/C17H24F2N2O3/c1-24-9-8-20-7-6-16(15(20)23)10-17(18,19)12-21(11-16)14(22)13-4-2-3-5-13/h4H,2-3,5-12H2,1H3/t16-/m0/s1. The number of nitrogens with zero attached hydrogens (tertiary/aromatic N) is 2. The normalized spacial score (nSPS) is 29.5. The van der Waals surface area contributed by atoms with Crippen LogP contribution in [0.1, 0.15) is 32.1 Å². The minimum Gasteiger partial charge on any atom is -0.383 e. The molecule has 3 rings (SSSR count). The molecule has 1 aliphatic carbocycles. The fourth-order valence-electron chi connectivity index (χ4n) is 4.14. The summed E-state index contributed by atoms with van der Waals surface area (Å²) in [5.74, 6) is -3.62. The molecule has 0 saturated carbocycles. The second-order valence-corrected chi connectivity index (χ2v) is 7.13. The lowest BCUT2D eigenvalue weighted by Gasteiger charge is -2.43. The Morgan fingerprint density at radius 2 is 2.17 bits per heavy atom. The number of hydrogen-bond donors (Lipinski definition) is 0. The number of carbonyl (C=O) groups is 2. The van der Waals surface area contributed by atoms with Gasteiger partial charge in [-0.3, -0.25) is 9.59 Å². The third kappa shape index (κ3) is 3.18. The Labute approximate surface area is 140 Å². The number of allylic oxidation sites excluding steroid dienone is 1. The lowest BCUT2D eigenvalue weighted by atomic mass is 9.76. The maximum absolute atomic E-state index is 14.3. The van der Waals surface area contributed by atoms with Crippen molar-refractivity contribution in [2.45, 2.75) is 38.0 Å². The molecule has 0 bridgehead atoms. The molecule has 2 aliphatic heterocycles. The van der Waals surface area contributed by atoms with Crippen LogP contribution in [-0.2, 0) is 14.3 Å². The van der Waals surface area contributed by atoms with Crippen LogP contribution in [0.2, 0.25) is 0 Å². The van der Waals surface area contributed by atoms with Crippen molar-refractivity contribution in [3.8, 4) is 0 Å². The van der Waals surface area contributed by atoms with E-state index in [4.69, 9.17) is 4.74 Å². The molecule has 134 valence electrons. The molecule has 2 amide bonds. The topological polar surface area (TPSA) is 49.9 Å². The van der Waals surface area contributed by atoms with Crippen LogP contribution in [0.3, 0.4) is 0 Å². The van der Waals surface area contributed by atoms with Gasteiger partial charge < -0.3 is 14.5 Å². The number of alkyl halides is 2. The van der Waals surface area contributed by atoms with E-state index in [1.165, 1.54) is 4.90 Å². The first-order chi connectivity index (χ1) is 11.4. The largest absolute Gasteiger partial charge is 0.383 e. The van der Waals surface area contributed by atoms with Crippen LogP contribution in [0.25, 0.3) is 0 Å². The summed E-state index contributed by atoms with van der Waals surface area (Å²) in [6.07, 6.45) is 4.09. The Kier molecular flexibility index (Phi) is 4.64. The fraction of sp³-hybridized carbons (Fsp3) is 0.765. The van der Waals surface area contributed by atoms with Gasteiger partial charge >= 0.3 is 0 Å². The summed E-state index contributed by atoms with van der Waals surface area (Å²) < 4.78 is 33.7. The first-order valence-corrected chi connectivity index (χ1v) is 8.51. The zero-order valence-corrected chi connectivity index (χ0v) is 14.0. The number of likely N-dealkylation sites (tertiary alicyclic amines) is 2. The highest BCUT2D eigenvalue weighted by molar-refractivity contribution is 5.95. The van der Waals surface area contributed by atoms with E-state index in [2.05, 4.69) is 0 Å². The van der Waals surface area contributed by atoms with Crippen molar-refractivity contribution < 1.29 is 23.1 Å². The molecule has 24 heavy (non-hydrogen) atoms. The number of piperidine rings is 1. The number of methoxy groups -OCH3 is 1. The molecule has 0 aromatic carbocycles. The monoisotopic (exact) mass is 342 g/mol. The van der Waals surface area contributed by atoms with Crippen molar-refractivity contribution in [1.82, 2.24) is 9.80 Å². The highest BCUT2D eigenvalue weighted by atomic mass is 19.3. The number of amides is 2. The van der Waals surface area contributed by atoms with Crippen LogP contribution in [0, 0.1) is 5.41 Å². The maximum atomic E-state index is 14.3. The highest BCUT2D eigenvalue weighted by Crippen LogP contribution is 2.46. The summed E-state index contributed by atoms with van der Waals surface area (Å²) in [6.45, 7) is 0.746. The molecule has 2 saturated heterocycles. The van der Waals surface area contributed by atoms with Gasteiger partial charge in [0.25, 0.3) is 5.92 Å². The SMILES string of the molecule is COCCN1CC[C@]2(CN(C(=O)C3=CCCC3)CC(F)(F)C2)C1=O. The highest BCUT2D eigenvalue weighted by Gasteiger charge is 2.57. The van der Waals surface area contributed by atoms with Gasteiger partial charge in [-0.05, 0) is 25.7 Å². The molecule has 7 heteroatoms. The van der Waals surface area contributed by atoms with E-state index in [0.717, 1.165) is 12.8 Å². The zero-order valence-electron chi connectivity index (χ0n) is 14.0. The van der Waals surface area contributed by atoms with Crippen molar-refractivity contribution in [3.05, 3.63) is 11.6 Å². The lowest BCUT2D eigenvalue weighted by Crippen LogP contribution is -2.57. The minimum atomic E-state index is -3.03. The van der Waals surface area contributed by atoms with Gasteiger partial charge in [-0.1, -0.05) is 6.08 Å². The number of halogens is 2. The maximum Gasteiger partial charge on any atom is 0.266 e. The quantitative estimate of drug-likeness (QED) is 0.783. The average Bonchev–Trinajstić information content (AvgIpc) is 3.14. The van der Waals surface area contributed by atoms with Crippen molar-refractivity contribution in [2.75, 3.05) is 39.9 Å². The van der Waals surface area contributed by atoms with Gasteiger partial charge in [0.05, 0.1) is 18.6 Å². The minimum absolute atomic E-state index is 0.0983. The van der Waals surface area contributed by atoms with E-state index in [1.54, 1.807) is 12.0 Å². The molecule has 1 spiro atoms. The molecule has 0 radical (unpaired) electrons. The number of ether oxygens (including phenoxy) is 1. The van der Waals surface area contributed by atoms with Crippen molar-refractivity contribution in [3.63, 3.8) is 0 Å². The second kappa shape index (κ2) is 6.43. The first-order valence-electron chi connectivity index (χ1n) is 8.51. The fourth-order valence-corrected chi connectivity index (χ4v) is 4.14. The van der Waals surface area contributed by atoms with E-state index in [9.17, 15) is 18.4 Å². The van der Waals surface area contributed by atoms with Crippen LogP contribution in [0.4, 0.5) is 8.78 Å². The molecule has 0 aromatic heterocycles. The molecule has 1 atom stereocenters. The van der Waals surface area contributed by atoms with Crippen LogP contribution in [0.15, 0.2) is 11.6 Å². The van der Waals surface area contributed by atoms with E-state index in [-0.39, 0.29) is 18.4 Å². The van der Waals surface area contributed by atoms with E-state index in [1.807, 2.05) is 6.08 Å². The number of hydrogen-bond acceptors (Lipinski definition) is 3. The smallest absolute Gasteiger partial charge is 0.266 e. The molecule has 0 aromatic rings. The van der Waals surface area contributed by atoms with Gasteiger partial charge in [0, 0.05) is 38.7 Å². The Balaban J connectivity index is 1.78. The van der Waals surface area contributed by atoms with Crippen LogP contribution < -0.4 is 0 Å². The van der Waals surface area contributed by atoms with Crippen molar-refractivity contribution in [2.24, 2.45) is 5.41 Å². The molecule has 0 N–H and O–H groups in total. The summed E-state index contributed by atoms with van der Waals surface area (Å²) in [5, 5.41) is 0. The molecule has 2 fully saturated rings. The van der Waals surface area contributed by atoms with Crippen molar-refractivity contribution >= 4 is 11.8 Å². The van der Waals surface area contributed by atoms with E-state index in [0.29, 0.717) is 38.1 Å². The predicted molar refractivity (Wildman–Crippen MR) is 83.6 cm³/mol. The van der Waals surface area contributed by atoms with Gasteiger partial charge in [-0.25, -0.2) is 8.78 Å². The lowest BCUT2D eigenvalue weighted by molar-refractivity contribution is -0.161. The third-order valence-corrected chi connectivity index (χ3v) is 5.28. The Morgan fingerprint density at radius 3 is 2.83 bits per heavy atom. The second-order valence-electron chi connectivity index (χ2n) is 7.13. The summed E-state index contributed by atoms with van der Waals surface area (Å²) in [4.78, 5) is 28.1. The first kappa shape index (κ1) is 17.3. The molecule has 5 nitrogen and oxygen atoms in total. The summed E-state index contributed by atoms with van der Waals surface area (Å²) in [6, 6.07) is 0. The Hall–Kier alpha value is -1.50. The third-order valence-electron chi connectivity index (χ3n) is 5.28. The Bertz CT molecular complexity index is 564. The summed E-state index contributed by atoms with van der Waals surface area (Å²) in [7, 11) is 1.54. The average molecular weight is 342 g/mol. The van der Waals surface area contributed by atoms with Gasteiger partial charge in [0.2, 0.25) is 11.8 Å². The van der Waals surface area contributed by atoms with Crippen LogP contribution in [0.5, 0.6) is 0 Å². The number of rotatable bonds is 4. The van der Waals surface area contributed by atoms with Gasteiger partial charge in [-0.15, -0.1) is 0 Å². The van der Waals surface area contributed by atoms with Crippen molar-refractivity contribution in [1.29, 1.82) is 0 Å². The van der Waals surface area contributed by atoms with Crippen LogP contribution >= 0.6 is 0 Å². The molecular weight excluding hydrogens is 318 g/mol. The van der Waals surface area contributed by atoms with E-state index >= 15 is 0 Å². The molecule has 0 unspecified atom stereocenters. The molecular formula is C17H24F2N2O3. The van der Waals surface area contributed by atoms with Crippen LogP contribution in [-0.4, -0.2) is 67.4 Å².